The molecule has 0 spiro atoms. The van der Waals surface area contributed by atoms with Crippen LogP contribution in [0.4, 0.5) is 0 Å². The summed E-state index contributed by atoms with van der Waals surface area (Å²) in [6.07, 6.45) is 24.7. The minimum absolute atomic E-state index is 0.0581. The Balaban J connectivity index is 1.26. The predicted molar refractivity (Wildman–Crippen MR) is 205 cm³/mol. The maximum Gasteiger partial charge on any atom is 0.0678 e. The summed E-state index contributed by atoms with van der Waals surface area (Å²) in [6, 6.07) is 31.2. The molecule has 0 bridgehead atoms. The fraction of sp³-hybridized carbons (Fsp3) is 0.378. The van der Waals surface area contributed by atoms with Crippen molar-refractivity contribution in [3.8, 4) is 16.9 Å². The molecule has 6 atom stereocenters. The molecular formula is C45H51NOSi. The Bertz CT molecular complexity index is 1870. The van der Waals surface area contributed by atoms with E-state index in [0.29, 0.717) is 34.8 Å². The fourth-order valence-corrected chi connectivity index (χ4v) is 16.6. The fourth-order valence-electron chi connectivity index (χ4n) is 10.2. The first-order chi connectivity index (χ1) is 23.4. The van der Waals surface area contributed by atoms with Crippen molar-refractivity contribution in [1.29, 1.82) is 0 Å². The normalized spacial score (nSPS) is 26.3. The van der Waals surface area contributed by atoms with Crippen LogP contribution in [0, 0.1) is 23.7 Å². The SMILES string of the molecule is CC(C)(C)OCCCCCC[Si](C)(C1c2ccccc2-c2c1c1ccccc1n2-c1ccccc1)C1C2C=CC=CC2C2C=CC=CC21. The van der Waals surface area contributed by atoms with Crippen molar-refractivity contribution in [2.24, 2.45) is 23.7 Å². The topological polar surface area (TPSA) is 14.2 Å². The van der Waals surface area contributed by atoms with Crippen LogP contribution in [0.15, 0.2) is 127 Å². The Labute approximate surface area is 288 Å². The lowest BCUT2D eigenvalue weighted by molar-refractivity contribution is -0.00471. The van der Waals surface area contributed by atoms with Crippen molar-refractivity contribution >= 4 is 19.0 Å². The van der Waals surface area contributed by atoms with Gasteiger partial charge in [0, 0.05) is 28.8 Å². The van der Waals surface area contributed by atoms with Gasteiger partial charge in [0.25, 0.3) is 0 Å². The third-order valence-corrected chi connectivity index (χ3v) is 17.7. The number of fused-ring (bicyclic) bond motifs is 8. The molecule has 4 aromatic rings. The van der Waals surface area contributed by atoms with Crippen LogP contribution in [-0.2, 0) is 4.74 Å². The van der Waals surface area contributed by atoms with E-state index in [0.717, 1.165) is 13.0 Å². The van der Waals surface area contributed by atoms with Gasteiger partial charge in [-0.15, -0.1) is 0 Å². The Morgan fingerprint density at radius 2 is 1.27 bits per heavy atom. The molecule has 1 heterocycles. The first-order valence-corrected chi connectivity index (χ1v) is 21.3. The van der Waals surface area contributed by atoms with Gasteiger partial charge in [0.1, 0.15) is 0 Å². The molecule has 0 amide bonds. The molecule has 4 aliphatic rings. The van der Waals surface area contributed by atoms with E-state index in [2.05, 4.69) is 159 Å². The third kappa shape index (κ3) is 5.35. The van der Waals surface area contributed by atoms with Crippen LogP contribution in [0.1, 0.15) is 63.1 Å². The summed E-state index contributed by atoms with van der Waals surface area (Å²) in [7, 11) is -2.12. The van der Waals surface area contributed by atoms with E-state index in [9.17, 15) is 0 Å². The van der Waals surface area contributed by atoms with Crippen LogP contribution in [0.5, 0.6) is 0 Å². The number of rotatable bonds is 10. The van der Waals surface area contributed by atoms with Crippen LogP contribution in [0.25, 0.3) is 27.8 Å². The van der Waals surface area contributed by atoms with Crippen LogP contribution >= 0.6 is 0 Å². The second kappa shape index (κ2) is 12.7. The van der Waals surface area contributed by atoms with E-state index >= 15 is 0 Å². The standard InChI is InChI=1S/C45H51NOSi/c1-45(2,3)47-30-18-5-6-19-31-48(4,43-36-25-13-10-22-33(36)34-23-11-14-26-37(34)43)44-38-27-15-12-24-35(38)42-41(44)39-28-16-17-29-40(39)46(42)32-20-8-7-9-21-32/h7-17,20-29,33-34,36-37,43-44H,5-6,18-19,30-31H2,1-4H3. The highest BCUT2D eigenvalue weighted by molar-refractivity contribution is 6.82. The van der Waals surface area contributed by atoms with Gasteiger partial charge in [0.2, 0.25) is 0 Å². The first-order valence-electron chi connectivity index (χ1n) is 18.5. The number of hydrogen-bond donors (Lipinski definition) is 0. The molecule has 2 nitrogen and oxygen atoms in total. The van der Waals surface area contributed by atoms with E-state index in [4.69, 9.17) is 4.74 Å². The Morgan fingerprint density at radius 3 is 1.98 bits per heavy atom. The minimum atomic E-state index is -2.12. The van der Waals surface area contributed by atoms with Crippen LogP contribution in [0.3, 0.4) is 0 Å². The van der Waals surface area contributed by atoms with Crippen molar-refractivity contribution in [2.45, 2.75) is 75.7 Å². The maximum absolute atomic E-state index is 6.09. The van der Waals surface area contributed by atoms with E-state index in [-0.39, 0.29) is 5.60 Å². The van der Waals surface area contributed by atoms with Crippen molar-refractivity contribution in [2.75, 3.05) is 6.61 Å². The van der Waals surface area contributed by atoms with Gasteiger partial charge in [-0.25, -0.2) is 0 Å². The first kappa shape index (κ1) is 31.6. The number of nitrogens with zero attached hydrogens (tertiary/aromatic N) is 1. The molecule has 3 heteroatoms. The molecule has 1 fully saturated rings. The van der Waals surface area contributed by atoms with Crippen molar-refractivity contribution in [3.05, 3.63) is 139 Å². The monoisotopic (exact) mass is 649 g/mol. The Kier molecular flexibility index (Phi) is 8.33. The zero-order valence-electron chi connectivity index (χ0n) is 29.2. The van der Waals surface area contributed by atoms with E-state index in [1.807, 2.05) is 0 Å². The summed E-state index contributed by atoms with van der Waals surface area (Å²) in [5, 5.41) is 1.44. The van der Waals surface area contributed by atoms with Gasteiger partial charge < -0.3 is 9.30 Å². The molecular weight excluding hydrogens is 599 g/mol. The smallest absolute Gasteiger partial charge is 0.0678 e. The van der Waals surface area contributed by atoms with Crippen LogP contribution < -0.4 is 0 Å². The lowest BCUT2D eigenvalue weighted by atomic mass is 9.83. The van der Waals surface area contributed by atoms with Gasteiger partial charge in [0.15, 0.2) is 0 Å². The highest BCUT2D eigenvalue weighted by atomic mass is 28.3. The highest BCUT2D eigenvalue weighted by Crippen LogP contribution is 2.65. The zero-order chi connectivity index (χ0) is 32.9. The molecule has 0 saturated heterocycles. The molecule has 6 unspecified atom stereocenters. The molecule has 0 radical (unpaired) electrons. The molecule has 246 valence electrons. The number of benzene rings is 3. The summed E-state index contributed by atoms with van der Waals surface area (Å²) in [5.41, 5.74) is 9.72. The van der Waals surface area contributed by atoms with Gasteiger partial charge >= 0.3 is 0 Å². The quantitative estimate of drug-likeness (QED) is 0.123. The molecule has 48 heavy (non-hydrogen) atoms. The van der Waals surface area contributed by atoms with Crippen LogP contribution in [-0.4, -0.2) is 24.8 Å². The predicted octanol–water partition coefficient (Wildman–Crippen LogP) is 11.8. The third-order valence-electron chi connectivity index (χ3n) is 12.0. The number of unbranched alkanes of at least 4 members (excludes halogenated alkanes) is 3. The average Bonchev–Trinajstić information content (AvgIpc) is 3.74. The molecule has 8 rings (SSSR count). The van der Waals surface area contributed by atoms with E-state index < -0.39 is 8.07 Å². The van der Waals surface area contributed by atoms with E-state index in [1.165, 1.54) is 53.2 Å². The van der Waals surface area contributed by atoms with E-state index in [1.54, 1.807) is 11.1 Å². The highest BCUT2D eigenvalue weighted by Gasteiger charge is 2.59. The van der Waals surface area contributed by atoms with Gasteiger partial charge in [-0.3, -0.25) is 0 Å². The molecule has 1 saturated carbocycles. The number of para-hydroxylation sites is 2. The summed E-state index contributed by atoms with van der Waals surface area (Å²) in [6.45, 7) is 10.2. The molecule has 0 N–H and O–H groups in total. The largest absolute Gasteiger partial charge is 0.376 e. The summed E-state index contributed by atoms with van der Waals surface area (Å²) in [5.74, 6) is 2.37. The summed E-state index contributed by atoms with van der Waals surface area (Å²) >= 11 is 0. The lowest BCUT2D eigenvalue weighted by Crippen LogP contribution is -2.47. The number of aromatic nitrogens is 1. The van der Waals surface area contributed by atoms with Gasteiger partial charge in [-0.2, -0.15) is 0 Å². The molecule has 3 aromatic carbocycles. The Hall–Kier alpha value is -3.66. The zero-order valence-corrected chi connectivity index (χ0v) is 30.2. The Morgan fingerprint density at radius 1 is 0.667 bits per heavy atom. The maximum atomic E-state index is 6.09. The van der Waals surface area contributed by atoms with Gasteiger partial charge in [-0.05, 0) is 85.7 Å². The second-order valence-electron chi connectivity index (χ2n) is 16.0. The average molecular weight is 650 g/mol. The van der Waals surface area contributed by atoms with Crippen molar-refractivity contribution in [1.82, 2.24) is 4.57 Å². The van der Waals surface area contributed by atoms with Gasteiger partial charge in [-0.1, -0.05) is 141 Å². The van der Waals surface area contributed by atoms with Crippen molar-refractivity contribution in [3.63, 3.8) is 0 Å². The minimum Gasteiger partial charge on any atom is -0.376 e. The number of hydrogen-bond acceptors (Lipinski definition) is 1. The molecule has 4 aliphatic carbocycles. The number of ether oxygens (including phenoxy) is 1. The lowest BCUT2D eigenvalue weighted by Gasteiger charge is -2.45. The molecule has 1 aromatic heterocycles. The van der Waals surface area contributed by atoms with Crippen molar-refractivity contribution < 1.29 is 4.74 Å². The number of allylic oxidation sites excluding steroid dienone is 8. The molecule has 0 aliphatic heterocycles. The summed E-state index contributed by atoms with van der Waals surface area (Å²) in [4.78, 5) is 0. The van der Waals surface area contributed by atoms with Crippen LogP contribution in [0.2, 0.25) is 18.1 Å². The van der Waals surface area contributed by atoms with Gasteiger partial charge in [0.05, 0.1) is 24.9 Å². The second-order valence-corrected chi connectivity index (χ2v) is 20.7. The summed E-state index contributed by atoms with van der Waals surface area (Å²) < 4.78 is 8.68.